The van der Waals surface area contributed by atoms with E-state index in [-0.39, 0.29) is 0 Å². The van der Waals surface area contributed by atoms with E-state index in [9.17, 15) is 4.79 Å². The Morgan fingerprint density at radius 2 is 1.81 bits per heavy atom. The smallest absolute Gasteiger partial charge is 0.312 e. The number of hydrogen-bond acceptors (Lipinski definition) is 5. The van der Waals surface area contributed by atoms with Crippen LogP contribution in [0.5, 0.6) is 0 Å². The topological polar surface area (TPSA) is 38.7 Å². The molecule has 0 bridgehead atoms. The first-order valence-corrected chi connectivity index (χ1v) is 6.36. The van der Waals surface area contributed by atoms with Crippen molar-refractivity contribution in [1.29, 1.82) is 0 Å². The van der Waals surface area contributed by atoms with Crippen molar-refractivity contribution >= 4 is 34.4 Å². The van der Waals surface area contributed by atoms with Crippen molar-refractivity contribution in [3.63, 3.8) is 0 Å². The Bertz CT molecular complexity index is 486. The minimum Gasteiger partial charge on any atom is -0.312 e. The number of hydrogen-bond donors (Lipinski definition) is 0. The second-order valence-electron chi connectivity index (χ2n) is 3.01. The third-order valence-corrected chi connectivity index (χ3v) is 3.69. The molecule has 0 aliphatic rings. The monoisotopic (exact) mass is 251 g/mol. The van der Waals surface area contributed by atoms with E-state index in [1.807, 2.05) is 29.8 Å². The van der Waals surface area contributed by atoms with Gasteiger partial charge in [0.2, 0.25) is 0 Å². The predicted molar refractivity (Wildman–Crippen MR) is 66.3 cm³/mol. The molecule has 0 saturated carbocycles. The number of oxime groups is 1. The Labute approximate surface area is 101 Å². The molecule has 3 nitrogen and oxygen atoms in total. The van der Waals surface area contributed by atoms with Gasteiger partial charge < -0.3 is 4.84 Å². The van der Waals surface area contributed by atoms with Crippen LogP contribution in [0.2, 0.25) is 0 Å². The van der Waals surface area contributed by atoms with Gasteiger partial charge in [-0.25, -0.2) is 4.79 Å². The van der Waals surface area contributed by atoms with Crippen LogP contribution in [0.1, 0.15) is 21.5 Å². The lowest BCUT2D eigenvalue weighted by Crippen LogP contribution is -2.00. The average Bonchev–Trinajstić information content (AvgIpc) is 2.95. The highest BCUT2D eigenvalue weighted by molar-refractivity contribution is 7.12. The zero-order chi connectivity index (χ0) is 11.4. The van der Waals surface area contributed by atoms with E-state index < -0.39 is 5.97 Å². The maximum Gasteiger partial charge on any atom is 0.375 e. The predicted octanol–water partition coefficient (Wildman–Crippen LogP) is 3.39. The maximum absolute atomic E-state index is 11.5. The van der Waals surface area contributed by atoms with Crippen LogP contribution in [-0.2, 0) is 4.84 Å². The van der Waals surface area contributed by atoms with Crippen LogP contribution in [-0.4, -0.2) is 11.7 Å². The lowest BCUT2D eigenvalue weighted by atomic mass is 10.3. The van der Waals surface area contributed by atoms with E-state index in [2.05, 4.69) is 5.16 Å². The zero-order valence-corrected chi connectivity index (χ0v) is 10.2. The SMILES string of the molecule is CC(=NOC(=O)c1cccs1)c1cccs1. The molecule has 2 rings (SSSR count). The molecule has 2 aromatic rings. The fraction of sp³-hybridized carbons (Fsp3) is 0.0909. The Morgan fingerprint density at radius 3 is 2.38 bits per heavy atom. The Balaban J connectivity index is 2.02. The van der Waals surface area contributed by atoms with Gasteiger partial charge in [0.25, 0.3) is 0 Å². The minimum absolute atomic E-state index is 0.411. The van der Waals surface area contributed by atoms with Gasteiger partial charge >= 0.3 is 5.97 Å². The molecule has 0 aliphatic heterocycles. The number of thiophene rings is 2. The molecule has 0 saturated heterocycles. The lowest BCUT2D eigenvalue weighted by molar-refractivity contribution is 0.0522. The summed E-state index contributed by atoms with van der Waals surface area (Å²) in [5.41, 5.74) is 0.708. The molecule has 0 amide bonds. The van der Waals surface area contributed by atoms with Gasteiger partial charge in [-0.2, -0.15) is 0 Å². The Morgan fingerprint density at radius 1 is 1.19 bits per heavy atom. The van der Waals surface area contributed by atoms with Crippen molar-refractivity contribution in [3.05, 3.63) is 44.8 Å². The second-order valence-corrected chi connectivity index (χ2v) is 4.91. The molecular formula is C11H9NO2S2. The summed E-state index contributed by atoms with van der Waals surface area (Å²) in [4.78, 5) is 17.9. The van der Waals surface area contributed by atoms with Crippen LogP contribution < -0.4 is 0 Å². The summed E-state index contributed by atoms with van der Waals surface area (Å²) < 4.78 is 0. The molecule has 0 N–H and O–H groups in total. The molecule has 16 heavy (non-hydrogen) atoms. The summed E-state index contributed by atoms with van der Waals surface area (Å²) in [7, 11) is 0. The summed E-state index contributed by atoms with van der Waals surface area (Å²) in [6.07, 6.45) is 0. The molecule has 0 spiro atoms. The van der Waals surface area contributed by atoms with Crippen molar-refractivity contribution in [1.82, 2.24) is 0 Å². The third kappa shape index (κ3) is 2.56. The van der Waals surface area contributed by atoms with Gasteiger partial charge in [-0.15, -0.1) is 22.7 Å². The number of nitrogens with zero attached hydrogens (tertiary/aromatic N) is 1. The van der Waals surface area contributed by atoms with Gasteiger partial charge in [0.1, 0.15) is 4.88 Å². The summed E-state index contributed by atoms with van der Waals surface area (Å²) in [5.74, 6) is -0.411. The van der Waals surface area contributed by atoms with Gasteiger partial charge in [0, 0.05) is 0 Å². The van der Waals surface area contributed by atoms with Crippen LogP contribution >= 0.6 is 22.7 Å². The minimum atomic E-state index is -0.411. The third-order valence-electron chi connectivity index (χ3n) is 1.87. The summed E-state index contributed by atoms with van der Waals surface area (Å²) >= 11 is 2.90. The Hall–Kier alpha value is -1.46. The summed E-state index contributed by atoms with van der Waals surface area (Å²) in [6, 6.07) is 7.38. The standard InChI is InChI=1S/C11H9NO2S2/c1-8(9-4-2-6-15-9)12-14-11(13)10-5-3-7-16-10/h2-7H,1H3. The van der Waals surface area contributed by atoms with E-state index >= 15 is 0 Å². The van der Waals surface area contributed by atoms with E-state index in [1.54, 1.807) is 23.5 Å². The normalized spacial score (nSPS) is 11.4. The van der Waals surface area contributed by atoms with Crippen LogP contribution in [0, 0.1) is 0 Å². The van der Waals surface area contributed by atoms with Gasteiger partial charge in [-0.1, -0.05) is 17.3 Å². The highest BCUT2D eigenvalue weighted by atomic mass is 32.1. The molecule has 0 atom stereocenters. The number of carbonyl (C=O) groups excluding carboxylic acids is 1. The molecule has 5 heteroatoms. The fourth-order valence-electron chi connectivity index (χ4n) is 1.08. The molecule has 0 unspecified atom stereocenters. The zero-order valence-electron chi connectivity index (χ0n) is 8.54. The molecule has 0 radical (unpaired) electrons. The van der Waals surface area contributed by atoms with Gasteiger partial charge in [-0.3, -0.25) is 0 Å². The van der Waals surface area contributed by atoms with E-state index in [1.165, 1.54) is 11.3 Å². The van der Waals surface area contributed by atoms with Crippen LogP contribution in [0.3, 0.4) is 0 Å². The highest BCUT2D eigenvalue weighted by Crippen LogP contribution is 2.12. The van der Waals surface area contributed by atoms with Crippen LogP contribution in [0.4, 0.5) is 0 Å². The van der Waals surface area contributed by atoms with E-state index in [0.717, 1.165) is 4.88 Å². The molecule has 82 valence electrons. The quantitative estimate of drug-likeness (QED) is 0.476. The summed E-state index contributed by atoms with van der Waals surface area (Å²) in [5, 5.41) is 7.59. The molecule has 2 aromatic heterocycles. The van der Waals surface area contributed by atoms with Crippen LogP contribution in [0.15, 0.2) is 40.2 Å². The molecule has 2 heterocycles. The van der Waals surface area contributed by atoms with Crippen molar-refractivity contribution in [2.45, 2.75) is 6.92 Å². The van der Waals surface area contributed by atoms with Crippen molar-refractivity contribution in [2.24, 2.45) is 5.16 Å². The van der Waals surface area contributed by atoms with Crippen molar-refractivity contribution in [2.75, 3.05) is 0 Å². The fourth-order valence-corrected chi connectivity index (χ4v) is 2.34. The van der Waals surface area contributed by atoms with E-state index in [4.69, 9.17) is 4.84 Å². The lowest BCUT2D eigenvalue weighted by Gasteiger charge is -1.96. The Kier molecular flexibility index (Phi) is 3.48. The first-order valence-electron chi connectivity index (χ1n) is 4.60. The second kappa shape index (κ2) is 5.05. The van der Waals surface area contributed by atoms with E-state index in [0.29, 0.717) is 10.6 Å². The number of carbonyl (C=O) groups is 1. The van der Waals surface area contributed by atoms with Crippen LogP contribution in [0.25, 0.3) is 0 Å². The largest absolute Gasteiger partial charge is 0.375 e. The first kappa shape index (κ1) is 11.0. The molecule has 0 fully saturated rings. The first-order chi connectivity index (χ1) is 7.77. The van der Waals surface area contributed by atoms with Gasteiger partial charge in [-0.05, 0) is 29.8 Å². The molecule has 0 aliphatic carbocycles. The molecular weight excluding hydrogens is 242 g/mol. The molecule has 0 aromatic carbocycles. The highest BCUT2D eigenvalue weighted by Gasteiger charge is 2.08. The van der Waals surface area contributed by atoms with Crippen molar-refractivity contribution in [3.8, 4) is 0 Å². The van der Waals surface area contributed by atoms with Gasteiger partial charge in [0.05, 0.1) is 10.6 Å². The number of rotatable bonds is 3. The summed E-state index contributed by atoms with van der Waals surface area (Å²) in [6.45, 7) is 1.81. The van der Waals surface area contributed by atoms with Crippen molar-refractivity contribution < 1.29 is 9.63 Å². The van der Waals surface area contributed by atoms with Gasteiger partial charge in [0.15, 0.2) is 0 Å². The maximum atomic E-state index is 11.5. The average molecular weight is 251 g/mol.